The van der Waals surface area contributed by atoms with Gasteiger partial charge in [-0.3, -0.25) is 9.59 Å². The average Bonchev–Trinajstić information content (AvgIpc) is 2.77. The molecule has 0 bridgehead atoms. The molecule has 0 radical (unpaired) electrons. The summed E-state index contributed by atoms with van der Waals surface area (Å²) in [6.07, 6.45) is 0. The molecule has 1 N–H and O–H groups in total. The summed E-state index contributed by atoms with van der Waals surface area (Å²) in [5.74, 6) is -0.734. The van der Waals surface area contributed by atoms with Crippen molar-refractivity contribution in [3.8, 4) is 5.75 Å². The molecule has 0 aliphatic carbocycles. The number of fused-ring (bicyclic) bond motifs is 1. The molecule has 1 heterocycles. The summed E-state index contributed by atoms with van der Waals surface area (Å²) in [6.45, 7) is 0. The molecule has 0 saturated heterocycles. The molecule has 1 aliphatic heterocycles. The zero-order valence-electron chi connectivity index (χ0n) is 16.6. The molecule has 6 heteroatoms. The largest absolute Gasteiger partial charge is 0.497 e. The van der Waals surface area contributed by atoms with Gasteiger partial charge in [0, 0.05) is 18.3 Å². The second-order valence-electron chi connectivity index (χ2n) is 7.20. The highest BCUT2D eigenvalue weighted by Gasteiger charge is 2.42. The second kappa shape index (κ2) is 7.99. The molecule has 4 rings (SSSR count). The summed E-state index contributed by atoms with van der Waals surface area (Å²) in [4.78, 5) is 28.0. The van der Waals surface area contributed by atoms with Crippen LogP contribution in [0.25, 0.3) is 0 Å². The van der Waals surface area contributed by atoms with Crippen molar-refractivity contribution < 1.29 is 18.7 Å². The maximum absolute atomic E-state index is 13.4. The molecule has 30 heavy (non-hydrogen) atoms. The molecule has 1 aliphatic rings. The maximum atomic E-state index is 13.4. The lowest BCUT2D eigenvalue weighted by Crippen LogP contribution is -2.44. The molecule has 0 fully saturated rings. The standard InChI is InChI=1S/C24H21FN2O3/c1-27-22(15-7-13-18(30-2)14-8-15)21(19-5-3-4-6-20(19)24(27)29)23(28)26-17-11-9-16(25)10-12-17/h3-14,21-22H,1-2H3,(H,26,28)/t21-,22-/m1/s1. The van der Waals surface area contributed by atoms with E-state index in [0.717, 1.165) is 5.56 Å². The van der Waals surface area contributed by atoms with Crippen molar-refractivity contribution in [2.45, 2.75) is 12.0 Å². The molecular weight excluding hydrogens is 383 g/mol. The Bertz CT molecular complexity index is 1080. The van der Waals surface area contributed by atoms with Gasteiger partial charge in [0.2, 0.25) is 5.91 Å². The molecule has 0 aromatic heterocycles. The van der Waals surface area contributed by atoms with Gasteiger partial charge in [-0.05, 0) is 53.6 Å². The molecule has 152 valence electrons. The van der Waals surface area contributed by atoms with E-state index in [1.807, 2.05) is 36.4 Å². The number of likely N-dealkylation sites (N-methyl/N-ethyl adjacent to an activating group) is 1. The number of hydrogen-bond acceptors (Lipinski definition) is 3. The van der Waals surface area contributed by atoms with E-state index in [2.05, 4.69) is 5.32 Å². The number of nitrogens with one attached hydrogen (secondary N) is 1. The topological polar surface area (TPSA) is 58.6 Å². The summed E-state index contributed by atoms with van der Waals surface area (Å²) in [6, 6.07) is 19.6. The predicted molar refractivity (Wildman–Crippen MR) is 112 cm³/mol. The first-order chi connectivity index (χ1) is 14.5. The Morgan fingerprint density at radius 1 is 1.00 bits per heavy atom. The van der Waals surface area contributed by atoms with E-state index in [0.29, 0.717) is 22.6 Å². The molecule has 5 nitrogen and oxygen atoms in total. The Morgan fingerprint density at radius 3 is 2.33 bits per heavy atom. The fourth-order valence-electron chi connectivity index (χ4n) is 3.93. The van der Waals surface area contributed by atoms with Crippen LogP contribution in [-0.2, 0) is 4.79 Å². The van der Waals surface area contributed by atoms with Crippen molar-refractivity contribution in [1.82, 2.24) is 4.90 Å². The van der Waals surface area contributed by atoms with Crippen molar-refractivity contribution in [1.29, 1.82) is 0 Å². The van der Waals surface area contributed by atoms with Crippen LogP contribution in [0.4, 0.5) is 10.1 Å². The zero-order chi connectivity index (χ0) is 21.3. The number of carbonyl (C=O) groups excluding carboxylic acids is 2. The number of ether oxygens (including phenoxy) is 1. The van der Waals surface area contributed by atoms with Gasteiger partial charge in [-0.2, -0.15) is 0 Å². The number of hydrogen-bond donors (Lipinski definition) is 1. The molecule has 0 unspecified atom stereocenters. The van der Waals surface area contributed by atoms with Crippen LogP contribution in [0.3, 0.4) is 0 Å². The van der Waals surface area contributed by atoms with Gasteiger partial charge in [-0.1, -0.05) is 30.3 Å². The number of halogens is 1. The summed E-state index contributed by atoms with van der Waals surface area (Å²) >= 11 is 0. The lowest BCUT2D eigenvalue weighted by Gasteiger charge is -2.39. The van der Waals surface area contributed by atoms with Crippen LogP contribution in [0.1, 0.15) is 33.4 Å². The van der Waals surface area contributed by atoms with Crippen LogP contribution in [0, 0.1) is 5.82 Å². The molecule has 3 aromatic rings. The molecular formula is C24H21FN2O3. The highest BCUT2D eigenvalue weighted by molar-refractivity contribution is 6.04. The van der Waals surface area contributed by atoms with Crippen LogP contribution in [-0.4, -0.2) is 30.9 Å². The quantitative estimate of drug-likeness (QED) is 0.702. The summed E-state index contributed by atoms with van der Waals surface area (Å²) in [5, 5.41) is 2.87. The van der Waals surface area contributed by atoms with E-state index in [-0.39, 0.29) is 17.6 Å². The first kappa shape index (κ1) is 19.6. The number of benzene rings is 3. The second-order valence-corrected chi connectivity index (χ2v) is 7.20. The Morgan fingerprint density at radius 2 is 1.67 bits per heavy atom. The van der Waals surface area contributed by atoms with Crippen LogP contribution in [0.15, 0.2) is 72.8 Å². The minimum Gasteiger partial charge on any atom is -0.497 e. The van der Waals surface area contributed by atoms with E-state index in [9.17, 15) is 14.0 Å². The van der Waals surface area contributed by atoms with Crippen LogP contribution in [0.5, 0.6) is 5.75 Å². The van der Waals surface area contributed by atoms with E-state index in [1.54, 1.807) is 31.2 Å². The first-order valence-corrected chi connectivity index (χ1v) is 9.56. The Hall–Kier alpha value is -3.67. The third-order valence-corrected chi connectivity index (χ3v) is 5.43. The lowest BCUT2D eigenvalue weighted by molar-refractivity contribution is -0.119. The van der Waals surface area contributed by atoms with E-state index in [1.165, 1.54) is 24.3 Å². The van der Waals surface area contributed by atoms with Gasteiger partial charge in [0.25, 0.3) is 5.91 Å². The Balaban J connectivity index is 1.78. The van der Waals surface area contributed by atoms with E-state index in [4.69, 9.17) is 4.74 Å². The SMILES string of the molecule is COc1ccc([C@@H]2[C@H](C(=O)Nc3ccc(F)cc3)c3ccccc3C(=O)N2C)cc1. The Labute approximate surface area is 174 Å². The van der Waals surface area contributed by atoms with Gasteiger partial charge in [0.05, 0.1) is 19.1 Å². The molecule has 2 atom stereocenters. The number of rotatable bonds is 4. The fraction of sp³-hybridized carbons (Fsp3) is 0.167. The number of carbonyl (C=O) groups is 2. The normalized spacial score (nSPS) is 18.0. The monoisotopic (exact) mass is 404 g/mol. The molecule has 2 amide bonds. The van der Waals surface area contributed by atoms with Crippen molar-refractivity contribution in [3.05, 3.63) is 95.3 Å². The van der Waals surface area contributed by atoms with Crippen molar-refractivity contribution in [3.63, 3.8) is 0 Å². The van der Waals surface area contributed by atoms with E-state index >= 15 is 0 Å². The van der Waals surface area contributed by atoms with Gasteiger partial charge in [0.15, 0.2) is 0 Å². The predicted octanol–water partition coefficient (Wildman–Crippen LogP) is 4.38. The summed E-state index contributed by atoms with van der Waals surface area (Å²) in [5.41, 5.74) is 2.48. The highest BCUT2D eigenvalue weighted by atomic mass is 19.1. The van der Waals surface area contributed by atoms with Crippen LogP contribution in [0.2, 0.25) is 0 Å². The van der Waals surface area contributed by atoms with Gasteiger partial charge in [-0.15, -0.1) is 0 Å². The van der Waals surface area contributed by atoms with Gasteiger partial charge in [-0.25, -0.2) is 4.39 Å². The molecule has 0 spiro atoms. The number of amides is 2. The minimum atomic E-state index is -0.637. The number of methoxy groups -OCH3 is 1. The highest BCUT2D eigenvalue weighted by Crippen LogP contribution is 2.42. The zero-order valence-corrected chi connectivity index (χ0v) is 16.6. The minimum absolute atomic E-state index is 0.141. The average molecular weight is 404 g/mol. The number of anilines is 1. The van der Waals surface area contributed by atoms with Crippen molar-refractivity contribution in [2.75, 3.05) is 19.5 Å². The first-order valence-electron chi connectivity index (χ1n) is 9.56. The fourth-order valence-corrected chi connectivity index (χ4v) is 3.93. The van der Waals surface area contributed by atoms with Crippen molar-refractivity contribution >= 4 is 17.5 Å². The summed E-state index contributed by atoms with van der Waals surface area (Å²) < 4.78 is 18.5. The molecule has 3 aromatic carbocycles. The van der Waals surface area contributed by atoms with Crippen LogP contribution >= 0.6 is 0 Å². The third kappa shape index (κ3) is 3.52. The van der Waals surface area contributed by atoms with Gasteiger partial charge >= 0.3 is 0 Å². The summed E-state index contributed by atoms with van der Waals surface area (Å²) in [7, 11) is 3.28. The smallest absolute Gasteiger partial charge is 0.254 e. The van der Waals surface area contributed by atoms with E-state index < -0.39 is 12.0 Å². The van der Waals surface area contributed by atoms with Gasteiger partial charge < -0.3 is 15.0 Å². The number of nitrogens with zero attached hydrogens (tertiary/aromatic N) is 1. The van der Waals surface area contributed by atoms with Gasteiger partial charge in [0.1, 0.15) is 11.6 Å². The maximum Gasteiger partial charge on any atom is 0.254 e. The Kier molecular flexibility index (Phi) is 5.23. The third-order valence-electron chi connectivity index (χ3n) is 5.43. The lowest BCUT2D eigenvalue weighted by atomic mass is 9.79. The van der Waals surface area contributed by atoms with Crippen molar-refractivity contribution in [2.24, 2.45) is 0 Å². The molecule has 0 saturated carbocycles. The van der Waals surface area contributed by atoms with Crippen LogP contribution < -0.4 is 10.1 Å².